The van der Waals surface area contributed by atoms with E-state index in [9.17, 15) is 4.79 Å². The summed E-state index contributed by atoms with van der Waals surface area (Å²) in [6.45, 7) is 11.1. The zero-order valence-electron chi connectivity index (χ0n) is 16.3. The fourth-order valence-electron chi connectivity index (χ4n) is 2.48. The highest BCUT2D eigenvalue weighted by Gasteiger charge is 2.15. The Morgan fingerprint density at radius 1 is 1.08 bits per heavy atom. The topological polar surface area (TPSA) is 47.6 Å². The largest absolute Gasteiger partial charge is 0.492 e. The molecule has 0 aliphatic rings. The van der Waals surface area contributed by atoms with E-state index < -0.39 is 6.10 Å². The van der Waals surface area contributed by atoms with Crippen LogP contribution in [0.5, 0.6) is 11.5 Å². The van der Waals surface area contributed by atoms with Gasteiger partial charge in [0.1, 0.15) is 18.1 Å². The summed E-state index contributed by atoms with van der Waals surface area (Å²) >= 11 is 0. The average molecular weight is 355 g/mol. The molecule has 1 atom stereocenters. The van der Waals surface area contributed by atoms with Crippen LogP contribution in [0.15, 0.2) is 48.5 Å². The third kappa shape index (κ3) is 6.10. The zero-order valence-corrected chi connectivity index (χ0v) is 16.3. The first kappa shape index (κ1) is 19.8. The number of amides is 1. The van der Waals surface area contributed by atoms with Gasteiger partial charge in [-0.3, -0.25) is 4.79 Å². The molecule has 2 aromatic carbocycles. The summed E-state index contributed by atoms with van der Waals surface area (Å²) in [5.41, 5.74) is 2.49. The van der Waals surface area contributed by atoms with Crippen molar-refractivity contribution >= 4 is 5.91 Å². The first-order valence-corrected chi connectivity index (χ1v) is 9.00. The predicted molar refractivity (Wildman–Crippen MR) is 105 cm³/mol. The number of ether oxygens (including phenoxy) is 2. The smallest absolute Gasteiger partial charge is 0.260 e. The SMILES string of the molecule is Cc1cccc(OC(C)C(=O)NCCOc2ccc(C(C)(C)C)cc2)c1. The Hall–Kier alpha value is -2.49. The van der Waals surface area contributed by atoms with Crippen molar-refractivity contribution in [2.24, 2.45) is 0 Å². The fraction of sp³-hybridized carbons (Fsp3) is 0.409. The normalized spacial score (nSPS) is 12.3. The maximum absolute atomic E-state index is 12.1. The van der Waals surface area contributed by atoms with Gasteiger partial charge in [-0.1, -0.05) is 45.0 Å². The molecule has 2 aromatic rings. The molecule has 0 aliphatic heterocycles. The van der Waals surface area contributed by atoms with Gasteiger partial charge in [0.15, 0.2) is 6.10 Å². The van der Waals surface area contributed by atoms with Crippen molar-refractivity contribution in [2.45, 2.75) is 46.1 Å². The summed E-state index contributed by atoms with van der Waals surface area (Å²) < 4.78 is 11.3. The first-order valence-electron chi connectivity index (χ1n) is 9.00. The third-order valence-electron chi connectivity index (χ3n) is 4.06. The molecule has 4 heteroatoms. The van der Waals surface area contributed by atoms with Gasteiger partial charge in [-0.15, -0.1) is 0 Å². The highest BCUT2D eigenvalue weighted by molar-refractivity contribution is 5.80. The number of aryl methyl sites for hydroxylation is 1. The summed E-state index contributed by atoms with van der Waals surface area (Å²) in [6, 6.07) is 15.7. The van der Waals surface area contributed by atoms with Crippen LogP contribution < -0.4 is 14.8 Å². The van der Waals surface area contributed by atoms with Gasteiger partial charge in [0.2, 0.25) is 0 Å². The fourth-order valence-corrected chi connectivity index (χ4v) is 2.48. The van der Waals surface area contributed by atoms with Crippen LogP contribution in [0.4, 0.5) is 0 Å². The zero-order chi connectivity index (χ0) is 19.2. The maximum atomic E-state index is 12.1. The lowest BCUT2D eigenvalue weighted by atomic mass is 9.87. The maximum Gasteiger partial charge on any atom is 0.260 e. The Morgan fingerprint density at radius 2 is 1.77 bits per heavy atom. The van der Waals surface area contributed by atoms with Crippen molar-refractivity contribution in [3.05, 3.63) is 59.7 Å². The van der Waals surface area contributed by atoms with Crippen LogP contribution >= 0.6 is 0 Å². The Morgan fingerprint density at radius 3 is 2.38 bits per heavy atom. The number of carbonyl (C=O) groups excluding carboxylic acids is 1. The van der Waals surface area contributed by atoms with Crippen LogP contribution in [0.2, 0.25) is 0 Å². The summed E-state index contributed by atoms with van der Waals surface area (Å²) in [6.07, 6.45) is -0.553. The molecule has 1 amide bonds. The molecule has 1 unspecified atom stereocenters. The monoisotopic (exact) mass is 355 g/mol. The van der Waals surface area contributed by atoms with E-state index in [1.165, 1.54) is 5.56 Å². The van der Waals surface area contributed by atoms with E-state index in [1.807, 2.05) is 43.3 Å². The predicted octanol–water partition coefficient (Wildman–Crippen LogP) is 4.26. The van der Waals surface area contributed by atoms with Crippen LogP contribution in [0, 0.1) is 6.92 Å². The van der Waals surface area contributed by atoms with Crippen molar-refractivity contribution < 1.29 is 14.3 Å². The molecule has 0 radical (unpaired) electrons. The van der Waals surface area contributed by atoms with Crippen molar-refractivity contribution in [2.75, 3.05) is 13.2 Å². The van der Waals surface area contributed by atoms with E-state index in [0.717, 1.165) is 11.3 Å². The summed E-state index contributed by atoms with van der Waals surface area (Å²) in [4.78, 5) is 12.1. The number of benzene rings is 2. The second-order valence-corrected chi connectivity index (χ2v) is 7.49. The van der Waals surface area contributed by atoms with Crippen molar-refractivity contribution in [1.29, 1.82) is 0 Å². The molecule has 0 bridgehead atoms. The van der Waals surface area contributed by atoms with Crippen LogP contribution in [-0.4, -0.2) is 25.2 Å². The van der Waals surface area contributed by atoms with E-state index in [4.69, 9.17) is 9.47 Å². The summed E-state index contributed by atoms with van der Waals surface area (Å²) in [5.74, 6) is 1.34. The molecule has 4 nitrogen and oxygen atoms in total. The van der Waals surface area contributed by atoms with Crippen molar-refractivity contribution in [3.63, 3.8) is 0 Å². The molecule has 0 heterocycles. The molecule has 1 N–H and O–H groups in total. The molecular formula is C22H29NO3. The second kappa shape index (κ2) is 8.75. The minimum Gasteiger partial charge on any atom is -0.492 e. The molecule has 0 aliphatic carbocycles. The lowest BCUT2D eigenvalue weighted by Crippen LogP contribution is -2.38. The third-order valence-corrected chi connectivity index (χ3v) is 4.06. The minimum atomic E-state index is -0.553. The highest BCUT2D eigenvalue weighted by Crippen LogP contribution is 2.24. The molecule has 0 saturated carbocycles. The molecular weight excluding hydrogens is 326 g/mol. The second-order valence-electron chi connectivity index (χ2n) is 7.49. The lowest BCUT2D eigenvalue weighted by Gasteiger charge is -2.19. The molecule has 0 aromatic heterocycles. The number of hydrogen-bond acceptors (Lipinski definition) is 3. The van der Waals surface area contributed by atoms with Gasteiger partial charge in [-0.05, 0) is 54.7 Å². The van der Waals surface area contributed by atoms with Crippen LogP contribution in [-0.2, 0) is 10.2 Å². The molecule has 2 rings (SSSR count). The van der Waals surface area contributed by atoms with E-state index in [0.29, 0.717) is 18.9 Å². The molecule has 0 fully saturated rings. The number of rotatable bonds is 7. The van der Waals surface area contributed by atoms with E-state index in [-0.39, 0.29) is 11.3 Å². The molecule has 26 heavy (non-hydrogen) atoms. The van der Waals surface area contributed by atoms with E-state index >= 15 is 0 Å². The lowest BCUT2D eigenvalue weighted by molar-refractivity contribution is -0.127. The van der Waals surface area contributed by atoms with Gasteiger partial charge in [0, 0.05) is 0 Å². The average Bonchev–Trinajstić information content (AvgIpc) is 2.58. The number of hydrogen-bond donors (Lipinski definition) is 1. The Bertz CT molecular complexity index is 717. The quantitative estimate of drug-likeness (QED) is 0.755. The van der Waals surface area contributed by atoms with Gasteiger partial charge in [0.05, 0.1) is 6.54 Å². The molecule has 0 spiro atoms. The standard InChI is InChI=1S/C22H29NO3/c1-16-7-6-8-20(15-16)26-17(2)21(24)23-13-14-25-19-11-9-18(10-12-19)22(3,4)5/h6-12,15,17H,13-14H2,1-5H3,(H,23,24). The summed E-state index contributed by atoms with van der Waals surface area (Å²) in [5, 5.41) is 2.83. The van der Waals surface area contributed by atoms with Crippen LogP contribution in [0.1, 0.15) is 38.8 Å². The Labute approximate surface area is 156 Å². The molecule has 140 valence electrons. The Kier molecular flexibility index (Phi) is 6.67. The van der Waals surface area contributed by atoms with Gasteiger partial charge >= 0.3 is 0 Å². The van der Waals surface area contributed by atoms with E-state index in [1.54, 1.807) is 6.92 Å². The van der Waals surface area contributed by atoms with Gasteiger partial charge < -0.3 is 14.8 Å². The molecule has 0 saturated heterocycles. The van der Waals surface area contributed by atoms with Crippen LogP contribution in [0.3, 0.4) is 0 Å². The van der Waals surface area contributed by atoms with Gasteiger partial charge in [-0.2, -0.15) is 0 Å². The van der Waals surface area contributed by atoms with Crippen molar-refractivity contribution in [1.82, 2.24) is 5.32 Å². The van der Waals surface area contributed by atoms with Crippen molar-refractivity contribution in [3.8, 4) is 11.5 Å². The highest BCUT2D eigenvalue weighted by atomic mass is 16.5. The van der Waals surface area contributed by atoms with Gasteiger partial charge in [0.25, 0.3) is 5.91 Å². The minimum absolute atomic E-state index is 0.125. The van der Waals surface area contributed by atoms with Gasteiger partial charge in [-0.25, -0.2) is 0 Å². The van der Waals surface area contributed by atoms with Crippen LogP contribution in [0.25, 0.3) is 0 Å². The number of nitrogens with one attached hydrogen (secondary N) is 1. The summed E-state index contributed by atoms with van der Waals surface area (Å²) in [7, 11) is 0. The number of carbonyl (C=O) groups is 1. The van der Waals surface area contributed by atoms with E-state index in [2.05, 4.69) is 38.2 Å². The first-order chi connectivity index (χ1) is 12.3. The Balaban J connectivity index is 1.72.